The molecule has 1 aromatic carbocycles. The molecule has 0 saturated heterocycles. The van der Waals surface area contributed by atoms with Gasteiger partial charge in [0.25, 0.3) is 0 Å². The first-order valence-electron chi connectivity index (χ1n) is 8.22. The summed E-state index contributed by atoms with van der Waals surface area (Å²) in [6.45, 7) is 0.530. The lowest BCUT2D eigenvalue weighted by molar-refractivity contribution is -0.140. The third-order valence-electron chi connectivity index (χ3n) is 4.39. The Morgan fingerprint density at radius 2 is 1.86 bits per heavy atom. The van der Waals surface area contributed by atoms with Gasteiger partial charge in [-0.1, -0.05) is 0 Å². The number of hydrogen-bond acceptors (Lipinski definition) is 3. The van der Waals surface area contributed by atoms with Gasteiger partial charge in [-0.3, -0.25) is 19.3 Å². The average Bonchev–Trinajstić information content (AvgIpc) is 2.76. The molecule has 0 bridgehead atoms. The van der Waals surface area contributed by atoms with Crippen molar-refractivity contribution in [2.24, 2.45) is 0 Å². The summed E-state index contributed by atoms with van der Waals surface area (Å²) < 4.78 is 81.2. The van der Waals surface area contributed by atoms with Crippen LogP contribution in [0.4, 0.5) is 32.0 Å². The van der Waals surface area contributed by atoms with Gasteiger partial charge in [0, 0.05) is 12.1 Å². The molecule has 12 heteroatoms. The van der Waals surface area contributed by atoms with Gasteiger partial charge in [0.15, 0.2) is 0 Å². The lowest BCUT2D eigenvalue weighted by atomic mass is 9.84. The van der Waals surface area contributed by atoms with Crippen LogP contribution in [-0.4, -0.2) is 42.2 Å². The molecule has 1 atom stereocenters. The minimum atomic E-state index is -5.20. The number of aliphatic carboxylic acids is 1. The zero-order chi connectivity index (χ0) is 22.3. The molecular weight excluding hydrogens is 410 g/mol. The maximum absolute atomic E-state index is 14.5. The third kappa shape index (κ3) is 4.30. The van der Waals surface area contributed by atoms with Crippen LogP contribution in [0, 0.1) is 11.6 Å². The summed E-state index contributed by atoms with van der Waals surface area (Å²) in [5, 5.41) is 10.4. The van der Waals surface area contributed by atoms with Crippen molar-refractivity contribution in [1.82, 2.24) is 5.32 Å². The number of hydrogen-bond donors (Lipinski definition) is 2. The van der Waals surface area contributed by atoms with Gasteiger partial charge in [-0.05, 0) is 19.9 Å². The number of fused-ring (bicyclic) bond motifs is 1. The molecule has 0 unspecified atom stereocenters. The van der Waals surface area contributed by atoms with E-state index in [4.69, 9.17) is 5.11 Å². The summed E-state index contributed by atoms with van der Waals surface area (Å²) in [7, 11) is 0. The van der Waals surface area contributed by atoms with Crippen LogP contribution in [0.1, 0.15) is 31.4 Å². The highest BCUT2D eigenvalue weighted by molar-refractivity contribution is 6.10. The molecule has 1 aromatic rings. The minimum Gasteiger partial charge on any atom is -0.481 e. The fourth-order valence-corrected chi connectivity index (χ4v) is 3.04. The van der Waals surface area contributed by atoms with Crippen LogP contribution in [-0.2, 0) is 26.0 Å². The van der Waals surface area contributed by atoms with Crippen molar-refractivity contribution in [3.05, 3.63) is 28.8 Å². The number of halogens is 6. The first-order valence-corrected chi connectivity index (χ1v) is 8.22. The second kappa shape index (κ2) is 7.56. The minimum absolute atomic E-state index is 0.0990. The summed E-state index contributed by atoms with van der Waals surface area (Å²) in [5.74, 6) is -6.87. The van der Waals surface area contributed by atoms with Crippen molar-refractivity contribution in [2.45, 2.75) is 38.0 Å². The highest BCUT2D eigenvalue weighted by Gasteiger charge is 2.51. The molecule has 0 spiro atoms. The van der Waals surface area contributed by atoms with Gasteiger partial charge in [0.05, 0.1) is 23.1 Å². The molecule has 1 aliphatic rings. The van der Waals surface area contributed by atoms with Gasteiger partial charge >= 0.3 is 12.1 Å². The first kappa shape index (κ1) is 22.5. The van der Waals surface area contributed by atoms with Crippen molar-refractivity contribution < 1.29 is 45.8 Å². The summed E-state index contributed by atoms with van der Waals surface area (Å²) in [6, 6.07) is -0.0990. The van der Waals surface area contributed by atoms with E-state index in [9.17, 15) is 40.7 Å². The van der Waals surface area contributed by atoms with E-state index >= 15 is 0 Å². The predicted octanol–water partition coefficient (Wildman–Crippen LogP) is 2.54. The number of carboxylic acids is 1. The summed E-state index contributed by atoms with van der Waals surface area (Å²) >= 11 is 0. The molecule has 0 radical (unpaired) electrons. The quantitative estimate of drug-likeness (QED) is 0.685. The standard InChI is InChI=1S/C17H16F6N2O4/c1-16(2)12-13(20)8(17(21,22)23)4-9(19)14(12)25(15(16)29)6-10(26)24-5-7(18)3-11(27)28/h4,7H,3,5-6H2,1-2H3,(H,24,26)(H,27,28)/t7-/m1/s1. The molecule has 0 saturated carbocycles. The van der Waals surface area contributed by atoms with E-state index in [0.29, 0.717) is 4.90 Å². The van der Waals surface area contributed by atoms with Crippen LogP contribution in [0.3, 0.4) is 0 Å². The Labute approximate surface area is 160 Å². The van der Waals surface area contributed by atoms with Gasteiger partial charge in [0.1, 0.15) is 24.4 Å². The van der Waals surface area contributed by atoms with Crippen LogP contribution in [0.15, 0.2) is 6.07 Å². The van der Waals surface area contributed by atoms with Crippen molar-refractivity contribution in [2.75, 3.05) is 18.0 Å². The van der Waals surface area contributed by atoms with E-state index < -0.39 is 83.5 Å². The Kier molecular flexibility index (Phi) is 5.87. The summed E-state index contributed by atoms with van der Waals surface area (Å²) in [4.78, 5) is 35.4. The fraction of sp³-hybridized carbons (Fsp3) is 0.471. The van der Waals surface area contributed by atoms with E-state index in [1.807, 2.05) is 5.32 Å². The molecule has 6 nitrogen and oxygen atoms in total. The molecule has 2 rings (SSSR count). The Morgan fingerprint density at radius 1 is 1.28 bits per heavy atom. The molecule has 0 fully saturated rings. The number of amides is 2. The molecule has 0 aromatic heterocycles. The van der Waals surface area contributed by atoms with Gasteiger partial charge < -0.3 is 10.4 Å². The number of carbonyl (C=O) groups is 3. The SMILES string of the molecule is CC1(C)C(=O)N(CC(=O)NC[C@H](F)CC(=O)O)c2c(F)cc(C(F)(F)F)c(F)c21. The van der Waals surface area contributed by atoms with Crippen LogP contribution in [0.5, 0.6) is 0 Å². The molecule has 29 heavy (non-hydrogen) atoms. The zero-order valence-corrected chi connectivity index (χ0v) is 15.2. The fourth-order valence-electron chi connectivity index (χ4n) is 3.04. The first-order chi connectivity index (χ1) is 13.2. The third-order valence-corrected chi connectivity index (χ3v) is 4.39. The Bertz CT molecular complexity index is 868. The number of carboxylic acid groups (broad SMARTS) is 1. The number of anilines is 1. The van der Waals surface area contributed by atoms with Crippen molar-refractivity contribution in [1.29, 1.82) is 0 Å². The number of benzene rings is 1. The van der Waals surface area contributed by atoms with Gasteiger partial charge in [-0.25, -0.2) is 13.2 Å². The average molecular weight is 426 g/mol. The lowest BCUT2D eigenvalue weighted by Gasteiger charge is -2.20. The van der Waals surface area contributed by atoms with E-state index in [2.05, 4.69) is 0 Å². The molecule has 160 valence electrons. The summed E-state index contributed by atoms with van der Waals surface area (Å²) in [6.07, 6.45) is -8.03. The second-order valence-corrected chi connectivity index (χ2v) is 6.96. The number of alkyl halides is 4. The van der Waals surface area contributed by atoms with Crippen LogP contribution in [0.2, 0.25) is 0 Å². The Morgan fingerprint density at radius 3 is 2.38 bits per heavy atom. The maximum Gasteiger partial charge on any atom is 0.419 e. The van der Waals surface area contributed by atoms with E-state index in [0.717, 1.165) is 13.8 Å². The normalized spacial score (nSPS) is 16.6. The predicted molar refractivity (Wildman–Crippen MR) is 86.9 cm³/mol. The van der Waals surface area contributed by atoms with Crippen LogP contribution in [0.25, 0.3) is 0 Å². The monoisotopic (exact) mass is 426 g/mol. The molecule has 1 aliphatic heterocycles. The van der Waals surface area contributed by atoms with E-state index in [1.54, 1.807) is 0 Å². The molecule has 1 heterocycles. The van der Waals surface area contributed by atoms with Gasteiger partial charge in [0.2, 0.25) is 11.8 Å². The van der Waals surface area contributed by atoms with Crippen LogP contribution >= 0.6 is 0 Å². The van der Waals surface area contributed by atoms with E-state index in [1.165, 1.54) is 0 Å². The van der Waals surface area contributed by atoms with Crippen LogP contribution < -0.4 is 10.2 Å². The molecular formula is C17H16F6N2O4. The maximum atomic E-state index is 14.5. The highest BCUT2D eigenvalue weighted by Crippen LogP contribution is 2.47. The number of nitrogens with zero attached hydrogens (tertiary/aromatic N) is 1. The van der Waals surface area contributed by atoms with E-state index in [-0.39, 0.29) is 6.07 Å². The van der Waals surface area contributed by atoms with Crippen molar-refractivity contribution >= 4 is 23.5 Å². The topological polar surface area (TPSA) is 86.7 Å². The molecule has 0 aliphatic carbocycles. The largest absolute Gasteiger partial charge is 0.481 e. The lowest BCUT2D eigenvalue weighted by Crippen LogP contribution is -2.44. The number of nitrogens with one attached hydrogen (secondary N) is 1. The van der Waals surface area contributed by atoms with Crippen molar-refractivity contribution in [3.63, 3.8) is 0 Å². The second-order valence-electron chi connectivity index (χ2n) is 6.96. The van der Waals surface area contributed by atoms with Crippen molar-refractivity contribution in [3.8, 4) is 0 Å². The smallest absolute Gasteiger partial charge is 0.419 e. The Hall–Kier alpha value is -2.79. The summed E-state index contributed by atoms with van der Waals surface area (Å²) in [5.41, 5.74) is -5.41. The number of rotatable bonds is 6. The molecule has 2 N–H and O–H groups in total. The highest BCUT2D eigenvalue weighted by atomic mass is 19.4. The Balaban J connectivity index is 2.34. The number of carbonyl (C=O) groups excluding carboxylic acids is 2. The zero-order valence-electron chi connectivity index (χ0n) is 15.2. The molecule has 2 amide bonds. The van der Waals surface area contributed by atoms with Gasteiger partial charge in [-0.15, -0.1) is 0 Å². The van der Waals surface area contributed by atoms with Gasteiger partial charge in [-0.2, -0.15) is 13.2 Å².